The van der Waals surface area contributed by atoms with Gasteiger partial charge in [0.15, 0.2) is 17.1 Å². The van der Waals surface area contributed by atoms with Crippen LogP contribution in [-0.4, -0.2) is 59.5 Å². The van der Waals surface area contributed by atoms with Gasteiger partial charge in [-0.1, -0.05) is 54.6 Å². The van der Waals surface area contributed by atoms with E-state index in [9.17, 15) is 25.1 Å². The number of hydrogen-bond acceptors (Lipinski definition) is 5. The number of carbonyl (C=O) groups is 1. The van der Waals surface area contributed by atoms with Crippen molar-refractivity contribution in [2.45, 2.75) is 55.8 Å². The number of piperidine rings is 1. The van der Waals surface area contributed by atoms with Gasteiger partial charge in [-0.15, -0.1) is 11.8 Å². The van der Waals surface area contributed by atoms with E-state index in [0.29, 0.717) is 17.2 Å². The Kier molecular flexibility index (Phi) is 7.32. The van der Waals surface area contributed by atoms with Gasteiger partial charge in [-0.3, -0.25) is 9.59 Å². The van der Waals surface area contributed by atoms with Gasteiger partial charge in [-0.2, -0.15) is 13.2 Å². The SMILES string of the molecule is [2H]c1c(C)c([2H])c2c(c1[2H])c(=O)c([2H])c(SC([2H])([2H])c1cccc(F)c1F)n2CC(=O)N(C1CCN(C([2H])([2H])C([2H])([2H])OC([2H])([2H])[2H])CC1)C([2H])([2H])c1ccc(-c2ccc(C(F)(F)F)cc2)cc1. The van der Waals surface area contributed by atoms with Crippen LogP contribution in [0.1, 0.15) is 55.7 Å². The van der Waals surface area contributed by atoms with E-state index in [2.05, 4.69) is 4.74 Å². The Hall–Kier alpha value is -4.52. The minimum absolute atomic E-state index is 0.0194. The third-order valence-electron chi connectivity index (χ3n) is 8.42. The van der Waals surface area contributed by atoms with Crippen molar-refractivity contribution in [2.75, 3.05) is 33.2 Å². The summed E-state index contributed by atoms with van der Waals surface area (Å²) in [6, 6.07) is 7.65. The first-order chi connectivity index (χ1) is 31.2. The molecule has 0 bridgehead atoms. The standard InChI is InChI=1S/C41H40F5N3O3S/c1-27-6-15-34-36(22-27)49(39(23-37(34)50)53-26-31-4-3-5-35(42)40(31)43)25-38(51)48(33-16-18-47(19-17-33)20-21-52-2)24-28-7-9-29(10-8-28)30-11-13-32(14-12-30)41(44,45)46/h3-15,22-23,33H,16-21,24-26H2,1-2H3/i2D3,6D,15D,20D2,21D2,22D,23D,24D2,26D2. The zero-order valence-electron chi connectivity index (χ0n) is 42.8. The monoisotopic (exact) mass is 764 g/mol. The molecule has 0 unspecified atom stereocenters. The van der Waals surface area contributed by atoms with Gasteiger partial charge in [0.2, 0.25) is 5.91 Å². The van der Waals surface area contributed by atoms with Gasteiger partial charge in [0, 0.05) is 67.3 Å². The van der Waals surface area contributed by atoms with E-state index in [4.69, 9.17) is 17.8 Å². The van der Waals surface area contributed by atoms with Crippen molar-refractivity contribution in [3.63, 3.8) is 0 Å². The Bertz CT molecular complexity index is 2800. The van der Waals surface area contributed by atoms with Gasteiger partial charge >= 0.3 is 6.18 Å². The highest BCUT2D eigenvalue weighted by atomic mass is 32.2. The number of aromatic nitrogens is 1. The third-order valence-corrected chi connectivity index (χ3v) is 9.25. The van der Waals surface area contributed by atoms with Gasteiger partial charge in [-0.25, -0.2) is 8.78 Å². The van der Waals surface area contributed by atoms with Crippen LogP contribution in [-0.2, 0) is 34.5 Å². The minimum atomic E-state index is -4.62. The largest absolute Gasteiger partial charge is 0.416 e. The molecule has 0 radical (unpaired) electrons. The number of pyridine rings is 1. The maximum Gasteiger partial charge on any atom is 0.416 e. The highest BCUT2D eigenvalue weighted by Gasteiger charge is 2.31. The summed E-state index contributed by atoms with van der Waals surface area (Å²) in [5.41, 5.74) is -6.41. The van der Waals surface area contributed by atoms with E-state index in [0.717, 1.165) is 38.6 Å². The molecule has 1 saturated heterocycles. The summed E-state index contributed by atoms with van der Waals surface area (Å²) >= 11 is -0.0194. The number of methoxy groups -OCH3 is 1. The Balaban J connectivity index is 1.49. The lowest BCUT2D eigenvalue weighted by atomic mass is 10.00. The molecule has 2 heterocycles. The molecule has 0 saturated carbocycles. The van der Waals surface area contributed by atoms with Crippen molar-refractivity contribution in [3.05, 3.63) is 135 Å². The Morgan fingerprint density at radius 3 is 2.40 bits per heavy atom. The van der Waals surface area contributed by atoms with Crippen LogP contribution in [0.15, 0.2) is 101 Å². The molecule has 6 rings (SSSR count). The van der Waals surface area contributed by atoms with Crippen molar-refractivity contribution in [1.29, 1.82) is 0 Å². The van der Waals surface area contributed by atoms with Crippen LogP contribution in [0.4, 0.5) is 22.0 Å². The van der Waals surface area contributed by atoms with Crippen molar-refractivity contribution < 1.29 is 52.0 Å². The normalized spacial score (nSPS) is 19.6. The van der Waals surface area contributed by atoms with Crippen LogP contribution >= 0.6 is 11.8 Å². The predicted molar refractivity (Wildman–Crippen MR) is 198 cm³/mol. The van der Waals surface area contributed by atoms with Gasteiger partial charge in [0.25, 0.3) is 0 Å². The van der Waals surface area contributed by atoms with Crippen LogP contribution in [0.5, 0.6) is 0 Å². The van der Waals surface area contributed by atoms with Gasteiger partial charge < -0.3 is 19.1 Å². The molecule has 1 fully saturated rings. The number of fused-ring (bicyclic) bond motifs is 1. The van der Waals surface area contributed by atoms with Gasteiger partial charge in [-0.05, 0) is 72.3 Å². The number of likely N-dealkylation sites (tertiary alicyclic amines) is 1. The van der Waals surface area contributed by atoms with Crippen LogP contribution < -0.4 is 5.43 Å². The summed E-state index contributed by atoms with van der Waals surface area (Å²) in [4.78, 5) is 30.7. The fourth-order valence-electron chi connectivity index (χ4n) is 5.72. The van der Waals surface area contributed by atoms with Crippen molar-refractivity contribution >= 4 is 28.6 Å². The summed E-state index contributed by atoms with van der Waals surface area (Å²) < 4.78 is 202. The van der Waals surface area contributed by atoms with Crippen molar-refractivity contribution in [2.24, 2.45) is 0 Å². The first kappa shape index (κ1) is 23.3. The minimum Gasteiger partial charge on any atom is -0.383 e. The molecule has 53 heavy (non-hydrogen) atoms. The molecular formula is C41H40F5N3O3S. The molecule has 1 aliphatic rings. The molecule has 1 aliphatic heterocycles. The molecule has 6 nitrogen and oxygen atoms in total. The van der Waals surface area contributed by atoms with E-state index >= 15 is 9.18 Å². The van der Waals surface area contributed by atoms with Crippen molar-refractivity contribution in [3.8, 4) is 11.1 Å². The quantitative estimate of drug-likeness (QED) is 0.0941. The molecule has 12 heteroatoms. The average molecular weight is 765 g/mol. The molecule has 0 N–H and O–H groups in total. The van der Waals surface area contributed by atoms with Crippen LogP contribution in [0.2, 0.25) is 0 Å². The topological polar surface area (TPSA) is 54.8 Å². The second-order valence-electron chi connectivity index (χ2n) is 11.9. The summed E-state index contributed by atoms with van der Waals surface area (Å²) in [5, 5.41) is -1.45. The molecular weight excluding hydrogens is 710 g/mol. The highest BCUT2D eigenvalue weighted by Crippen LogP contribution is 2.32. The maximum atomic E-state index is 15.1. The maximum absolute atomic E-state index is 15.1. The summed E-state index contributed by atoms with van der Waals surface area (Å²) in [6.07, 6.45) is -5.26. The number of hydrogen-bond donors (Lipinski definition) is 0. The lowest BCUT2D eigenvalue weighted by Crippen LogP contribution is -2.48. The fourth-order valence-corrected chi connectivity index (χ4v) is 6.49. The van der Waals surface area contributed by atoms with E-state index in [1.807, 2.05) is 0 Å². The fraction of sp³-hybridized carbons (Fsp3) is 0.317. The molecule has 0 spiro atoms. The number of rotatable bonds is 12. The van der Waals surface area contributed by atoms with Crippen LogP contribution in [0.3, 0.4) is 0 Å². The molecule has 278 valence electrons. The Labute approximate surface area is 330 Å². The van der Waals surface area contributed by atoms with Crippen LogP contribution in [0, 0.1) is 18.6 Å². The Morgan fingerprint density at radius 1 is 1.02 bits per heavy atom. The number of thioether (sulfide) groups is 1. The predicted octanol–water partition coefficient (Wildman–Crippen LogP) is 8.71. The number of amides is 1. The van der Waals surface area contributed by atoms with E-state index in [-0.39, 0.29) is 35.7 Å². The number of halogens is 5. The van der Waals surface area contributed by atoms with Gasteiger partial charge in [0.1, 0.15) is 6.54 Å². The first-order valence-electron chi connectivity index (χ1n) is 23.6. The van der Waals surface area contributed by atoms with Gasteiger partial charge in [0.05, 0.1) is 37.7 Å². The first-order valence-corrected chi connectivity index (χ1v) is 16.9. The smallest absolute Gasteiger partial charge is 0.383 e. The number of alkyl halides is 3. The Morgan fingerprint density at radius 2 is 1.72 bits per heavy atom. The van der Waals surface area contributed by atoms with E-state index in [1.165, 1.54) is 43.3 Å². The zero-order chi connectivity index (χ0) is 50.9. The molecule has 0 aliphatic carbocycles. The highest BCUT2D eigenvalue weighted by molar-refractivity contribution is 7.98. The second-order valence-corrected chi connectivity index (χ2v) is 12.7. The van der Waals surface area contributed by atoms with Crippen LogP contribution in [0.25, 0.3) is 22.0 Å². The molecule has 4 aromatic carbocycles. The second kappa shape index (κ2) is 16.7. The molecule has 1 amide bonds. The number of benzene rings is 4. The number of ether oxygens (including phenoxy) is 1. The van der Waals surface area contributed by atoms with E-state index < -0.39 is 138 Å². The number of nitrogens with zero attached hydrogens (tertiary/aromatic N) is 3. The number of carbonyl (C=O) groups excluding carboxylic acids is 1. The average Bonchev–Trinajstić information content (AvgIpc) is 3.24. The van der Waals surface area contributed by atoms with Crippen molar-refractivity contribution in [1.82, 2.24) is 14.4 Å². The molecule has 5 aromatic rings. The lowest BCUT2D eigenvalue weighted by molar-refractivity contribution is -0.137. The molecule has 1 aromatic heterocycles. The summed E-state index contributed by atoms with van der Waals surface area (Å²) in [6.45, 7) is -10.2. The lowest BCUT2D eigenvalue weighted by Gasteiger charge is -2.39. The van der Waals surface area contributed by atoms with E-state index in [1.54, 1.807) is 0 Å². The summed E-state index contributed by atoms with van der Waals surface area (Å²) in [7, 11) is -3.36. The molecule has 0 atom stereocenters. The zero-order valence-corrected chi connectivity index (χ0v) is 28.6. The summed E-state index contributed by atoms with van der Waals surface area (Å²) in [5.74, 6) is -4.27. The third kappa shape index (κ3) is 9.17.